The average molecular weight is 401 g/mol. The van der Waals surface area contributed by atoms with Gasteiger partial charge in [0.25, 0.3) is 0 Å². The number of ether oxygens (including phenoxy) is 1. The number of aromatic nitrogens is 1. The monoisotopic (exact) mass is 401 g/mol. The summed E-state index contributed by atoms with van der Waals surface area (Å²) in [5.41, 5.74) is 0.617. The van der Waals surface area contributed by atoms with Gasteiger partial charge in [-0.25, -0.2) is 9.59 Å². The molecule has 9 heteroatoms. The highest BCUT2D eigenvalue weighted by Gasteiger charge is 2.18. The van der Waals surface area contributed by atoms with E-state index in [1.165, 1.54) is 25.3 Å². The quantitative estimate of drug-likeness (QED) is 0.342. The molecule has 0 bridgehead atoms. The number of carboxylic acid groups (broad SMARTS) is 1. The smallest absolute Gasteiger partial charge is 0.407 e. The zero-order chi connectivity index (χ0) is 21.8. The van der Waals surface area contributed by atoms with Crippen LogP contribution in [0.5, 0.6) is 5.75 Å². The molecule has 0 fully saturated rings. The van der Waals surface area contributed by atoms with Gasteiger partial charge in [-0.15, -0.1) is 0 Å². The van der Waals surface area contributed by atoms with E-state index in [9.17, 15) is 19.8 Å². The molecule has 9 nitrogen and oxygen atoms in total. The molecule has 4 N–H and O–H groups in total. The molecule has 1 aromatic heterocycles. The third-order valence-corrected chi connectivity index (χ3v) is 3.84. The highest BCUT2D eigenvalue weighted by molar-refractivity contribution is 6.05. The van der Waals surface area contributed by atoms with Crippen molar-refractivity contribution in [1.82, 2.24) is 10.3 Å². The Morgan fingerprint density at radius 1 is 1.24 bits per heavy atom. The third kappa shape index (κ3) is 5.68. The molecular weight excluding hydrogens is 378 g/mol. The first-order valence-corrected chi connectivity index (χ1v) is 8.73. The number of carbonyl (C=O) groups is 2. The number of hydrogen-bond acceptors (Lipinski definition) is 7. The number of phenols is 1. The summed E-state index contributed by atoms with van der Waals surface area (Å²) in [6.45, 7) is 6.76. The van der Waals surface area contributed by atoms with Crippen molar-refractivity contribution in [3.05, 3.63) is 47.3 Å². The van der Waals surface area contributed by atoms with Crippen molar-refractivity contribution in [3.63, 3.8) is 0 Å². The standard InChI is InChI=1S/C20H23N3O6/c1-11(23-28)15-8-13(18(25)26)9-16(17(15)24)12-5-6-21-14(7-12)10-22-19(27)29-20(2,3)4/h5-9,24,28H,10H2,1-4H3,(H,22,27)(H,25,26). The van der Waals surface area contributed by atoms with Crippen LogP contribution in [0.1, 0.15) is 49.3 Å². The topological polar surface area (TPSA) is 141 Å². The number of amides is 1. The molecule has 0 aliphatic heterocycles. The molecule has 0 atom stereocenters. The Bertz CT molecular complexity index is 963. The maximum absolute atomic E-state index is 11.8. The fourth-order valence-electron chi connectivity index (χ4n) is 2.53. The average Bonchev–Trinajstić information content (AvgIpc) is 2.64. The van der Waals surface area contributed by atoms with Crippen LogP contribution in [-0.4, -0.2) is 43.8 Å². The van der Waals surface area contributed by atoms with E-state index in [1.807, 2.05) is 0 Å². The van der Waals surface area contributed by atoms with Gasteiger partial charge in [-0.05, 0) is 57.5 Å². The van der Waals surface area contributed by atoms with Crippen molar-refractivity contribution in [2.45, 2.75) is 39.8 Å². The largest absolute Gasteiger partial charge is 0.507 e. The Balaban J connectivity index is 2.38. The minimum absolute atomic E-state index is 0.0627. The van der Waals surface area contributed by atoms with Gasteiger partial charge >= 0.3 is 12.1 Å². The van der Waals surface area contributed by atoms with Gasteiger partial charge in [0, 0.05) is 17.3 Å². The van der Waals surface area contributed by atoms with E-state index >= 15 is 0 Å². The summed E-state index contributed by atoms with van der Waals surface area (Å²) < 4.78 is 5.17. The van der Waals surface area contributed by atoms with Gasteiger partial charge in [0.15, 0.2) is 0 Å². The van der Waals surface area contributed by atoms with Crippen LogP contribution in [0.3, 0.4) is 0 Å². The summed E-state index contributed by atoms with van der Waals surface area (Å²) in [5.74, 6) is -1.43. The molecule has 0 radical (unpaired) electrons. The summed E-state index contributed by atoms with van der Waals surface area (Å²) in [6, 6.07) is 5.73. The van der Waals surface area contributed by atoms with E-state index in [2.05, 4.69) is 15.5 Å². The van der Waals surface area contributed by atoms with E-state index in [0.29, 0.717) is 11.3 Å². The molecule has 2 aromatic rings. The second-order valence-corrected chi connectivity index (χ2v) is 7.30. The van der Waals surface area contributed by atoms with Crippen molar-refractivity contribution >= 4 is 17.8 Å². The van der Waals surface area contributed by atoms with Crippen molar-refractivity contribution in [2.75, 3.05) is 0 Å². The molecular formula is C20H23N3O6. The van der Waals surface area contributed by atoms with Crippen LogP contribution in [0.4, 0.5) is 4.79 Å². The van der Waals surface area contributed by atoms with E-state index < -0.39 is 17.7 Å². The molecule has 1 aromatic carbocycles. The number of carboxylic acids is 1. The first kappa shape index (κ1) is 21.7. The van der Waals surface area contributed by atoms with E-state index in [4.69, 9.17) is 9.94 Å². The summed E-state index contributed by atoms with van der Waals surface area (Å²) >= 11 is 0. The van der Waals surface area contributed by atoms with Gasteiger partial charge in [-0.2, -0.15) is 0 Å². The van der Waals surface area contributed by atoms with Crippen LogP contribution in [0.2, 0.25) is 0 Å². The van der Waals surface area contributed by atoms with Crippen molar-refractivity contribution < 1.29 is 29.7 Å². The van der Waals surface area contributed by atoms with E-state index in [1.54, 1.807) is 32.9 Å². The lowest BCUT2D eigenvalue weighted by molar-refractivity contribution is 0.0522. The molecule has 1 heterocycles. The van der Waals surface area contributed by atoms with Crippen LogP contribution in [0.25, 0.3) is 11.1 Å². The number of oxime groups is 1. The van der Waals surface area contributed by atoms with Crippen LogP contribution in [0, 0.1) is 0 Å². The van der Waals surface area contributed by atoms with Gasteiger partial charge < -0.3 is 25.5 Å². The number of carbonyl (C=O) groups excluding carboxylic acids is 1. The first-order chi connectivity index (χ1) is 13.5. The molecule has 1 amide bonds. The minimum Gasteiger partial charge on any atom is -0.507 e. The van der Waals surface area contributed by atoms with Gasteiger partial charge in [0.05, 0.1) is 23.5 Å². The van der Waals surface area contributed by atoms with Crippen LogP contribution in [0.15, 0.2) is 35.6 Å². The number of alkyl carbamates (subject to hydrolysis) is 1. The predicted molar refractivity (Wildman–Crippen MR) is 105 cm³/mol. The zero-order valence-electron chi connectivity index (χ0n) is 16.6. The molecule has 0 aliphatic carbocycles. The number of nitrogens with zero attached hydrogens (tertiary/aromatic N) is 2. The highest BCUT2D eigenvalue weighted by Crippen LogP contribution is 2.34. The summed E-state index contributed by atoms with van der Waals surface area (Å²) in [5, 5.41) is 34.6. The lowest BCUT2D eigenvalue weighted by atomic mass is 9.96. The van der Waals surface area contributed by atoms with Crippen molar-refractivity contribution in [3.8, 4) is 16.9 Å². The number of nitrogens with one attached hydrogen (secondary N) is 1. The van der Waals surface area contributed by atoms with Crippen molar-refractivity contribution in [1.29, 1.82) is 0 Å². The third-order valence-electron chi connectivity index (χ3n) is 3.84. The fraction of sp³-hybridized carbons (Fsp3) is 0.300. The number of hydrogen-bond donors (Lipinski definition) is 4. The molecule has 0 spiro atoms. The van der Waals surface area contributed by atoms with Gasteiger partial charge in [-0.1, -0.05) is 5.16 Å². The Morgan fingerprint density at radius 2 is 1.93 bits per heavy atom. The Morgan fingerprint density at radius 3 is 2.52 bits per heavy atom. The number of aromatic carboxylic acids is 1. The maximum atomic E-state index is 11.8. The first-order valence-electron chi connectivity index (χ1n) is 8.73. The van der Waals surface area contributed by atoms with Gasteiger partial charge in [0.1, 0.15) is 11.4 Å². The Kier molecular flexibility index (Phi) is 6.42. The SMILES string of the molecule is CC(=NO)c1cc(C(=O)O)cc(-c2ccnc(CNC(=O)OC(C)(C)C)c2)c1O. The van der Waals surface area contributed by atoms with Crippen molar-refractivity contribution in [2.24, 2.45) is 5.16 Å². The van der Waals surface area contributed by atoms with E-state index in [0.717, 1.165) is 0 Å². The number of pyridine rings is 1. The predicted octanol–water partition coefficient (Wildman–Crippen LogP) is 3.38. The molecule has 2 rings (SSSR count). The molecule has 0 unspecified atom stereocenters. The zero-order valence-corrected chi connectivity index (χ0v) is 16.6. The normalized spacial score (nSPS) is 11.8. The molecule has 29 heavy (non-hydrogen) atoms. The number of rotatable bonds is 5. The minimum atomic E-state index is -1.20. The maximum Gasteiger partial charge on any atom is 0.407 e. The van der Waals surface area contributed by atoms with Gasteiger partial charge in [-0.3, -0.25) is 4.98 Å². The van der Waals surface area contributed by atoms with Crippen LogP contribution < -0.4 is 5.32 Å². The number of phenolic OH excluding ortho intramolecular Hbond substituents is 1. The molecule has 0 aliphatic rings. The molecule has 154 valence electrons. The fourth-order valence-corrected chi connectivity index (χ4v) is 2.53. The lowest BCUT2D eigenvalue weighted by Gasteiger charge is -2.19. The van der Waals surface area contributed by atoms with Crippen LogP contribution >= 0.6 is 0 Å². The van der Waals surface area contributed by atoms with E-state index in [-0.39, 0.29) is 34.7 Å². The summed E-state index contributed by atoms with van der Waals surface area (Å²) in [7, 11) is 0. The Hall–Kier alpha value is -3.62. The Labute approximate surface area is 167 Å². The number of benzene rings is 1. The molecule has 0 saturated carbocycles. The lowest BCUT2D eigenvalue weighted by Crippen LogP contribution is -2.32. The summed E-state index contributed by atoms with van der Waals surface area (Å²) in [4.78, 5) is 27.4. The molecule has 0 saturated heterocycles. The summed E-state index contributed by atoms with van der Waals surface area (Å²) in [6.07, 6.45) is 0.874. The second kappa shape index (κ2) is 8.59. The highest BCUT2D eigenvalue weighted by atomic mass is 16.6. The van der Waals surface area contributed by atoms with Gasteiger partial charge in [0.2, 0.25) is 0 Å². The number of aromatic hydroxyl groups is 1. The second-order valence-electron chi connectivity index (χ2n) is 7.30. The van der Waals surface area contributed by atoms with Crippen LogP contribution in [-0.2, 0) is 11.3 Å².